The monoisotopic (exact) mass is 277 g/mol. The largest absolute Gasteiger partial charge is 0.388 e. The number of carbonyl (C=O) groups excluding carboxylic acids is 1. The summed E-state index contributed by atoms with van der Waals surface area (Å²) >= 11 is 0. The zero-order chi connectivity index (χ0) is 15.4. The molecule has 0 aromatic heterocycles. The van der Waals surface area contributed by atoms with E-state index in [9.17, 15) is 9.90 Å². The Balaban J connectivity index is 2.51. The second-order valence-electron chi connectivity index (χ2n) is 6.40. The van der Waals surface area contributed by atoms with Crippen LogP contribution in [0.5, 0.6) is 0 Å². The predicted molar refractivity (Wildman–Crippen MR) is 82.7 cm³/mol. The van der Waals surface area contributed by atoms with Crippen molar-refractivity contribution in [1.29, 1.82) is 0 Å². The maximum atomic E-state index is 12.0. The smallest absolute Gasteiger partial charge is 0.220 e. The molecule has 1 aromatic carbocycles. The highest BCUT2D eigenvalue weighted by Gasteiger charge is 2.36. The molecule has 0 radical (unpaired) electrons. The standard InChI is InChI=1S/C17H27NO2/c1-6-13-7-9-14(10-8-13)11-12-15(19)18-16(2,3)17(4,5)20/h7-10,20H,6,11-12H2,1-5H3,(H,18,19). The van der Waals surface area contributed by atoms with Crippen molar-refractivity contribution in [3.63, 3.8) is 0 Å². The van der Waals surface area contributed by atoms with Gasteiger partial charge in [-0.2, -0.15) is 0 Å². The van der Waals surface area contributed by atoms with Gasteiger partial charge in [-0.15, -0.1) is 0 Å². The quantitative estimate of drug-likeness (QED) is 0.840. The maximum Gasteiger partial charge on any atom is 0.220 e. The number of hydrogen-bond donors (Lipinski definition) is 2. The molecular weight excluding hydrogens is 250 g/mol. The minimum atomic E-state index is -0.953. The molecular formula is C17H27NO2. The van der Waals surface area contributed by atoms with E-state index in [1.165, 1.54) is 11.1 Å². The highest BCUT2D eigenvalue weighted by atomic mass is 16.3. The van der Waals surface area contributed by atoms with Crippen LogP contribution >= 0.6 is 0 Å². The predicted octanol–water partition coefficient (Wildman–Crippen LogP) is 2.85. The van der Waals surface area contributed by atoms with Gasteiger partial charge in [0.05, 0.1) is 11.1 Å². The minimum absolute atomic E-state index is 0.0308. The molecule has 0 spiro atoms. The zero-order valence-corrected chi connectivity index (χ0v) is 13.3. The molecule has 0 bridgehead atoms. The average molecular weight is 277 g/mol. The summed E-state index contributed by atoms with van der Waals surface area (Å²) in [6.45, 7) is 9.20. The Kier molecular flexibility index (Phi) is 5.35. The zero-order valence-electron chi connectivity index (χ0n) is 13.3. The summed E-state index contributed by atoms with van der Waals surface area (Å²) in [4.78, 5) is 12.0. The summed E-state index contributed by atoms with van der Waals surface area (Å²) in [7, 11) is 0. The first-order valence-electron chi connectivity index (χ1n) is 7.27. The summed E-state index contributed by atoms with van der Waals surface area (Å²) in [5, 5.41) is 12.9. The van der Waals surface area contributed by atoms with E-state index in [-0.39, 0.29) is 5.91 Å². The van der Waals surface area contributed by atoms with E-state index in [4.69, 9.17) is 0 Å². The summed E-state index contributed by atoms with van der Waals surface area (Å²) in [6, 6.07) is 8.36. The van der Waals surface area contributed by atoms with Gasteiger partial charge in [0.15, 0.2) is 0 Å². The van der Waals surface area contributed by atoms with E-state index >= 15 is 0 Å². The molecule has 20 heavy (non-hydrogen) atoms. The molecule has 3 nitrogen and oxygen atoms in total. The van der Waals surface area contributed by atoms with Gasteiger partial charge in [0, 0.05) is 6.42 Å². The molecule has 0 saturated carbocycles. The van der Waals surface area contributed by atoms with E-state index in [2.05, 4.69) is 36.5 Å². The van der Waals surface area contributed by atoms with E-state index in [0.29, 0.717) is 6.42 Å². The van der Waals surface area contributed by atoms with Crippen LogP contribution in [-0.2, 0) is 17.6 Å². The Bertz CT molecular complexity index is 441. The van der Waals surface area contributed by atoms with Crippen LogP contribution in [0.1, 0.15) is 52.2 Å². The van der Waals surface area contributed by atoms with Gasteiger partial charge in [-0.1, -0.05) is 31.2 Å². The lowest BCUT2D eigenvalue weighted by Crippen LogP contribution is -2.57. The lowest BCUT2D eigenvalue weighted by Gasteiger charge is -2.38. The molecule has 0 saturated heterocycles. The van der Waals surface area contributed by atoms with Gasteiger partial charge >= 0.3 is 0 Å². The van der Waals surface area contributed by atoms with Crippen molar-refractivity contribution >= 4 is 5.91 Å². The normalized spacial score (nSPS) is 12.3. The fraction of sp³-hybridized carbons (Fsp3) is 0.588. The Hall–Kier alpha value is -1.35. The summed E-state index contributed by atoms with van der Waals surface area (Å²) < 4.78 is 0. The first-order valence-corrected chi connectivity index (χ1v) is 7.27. The van der Waals surface area contributed by atoms with Crippen LogP contribution in [0.4, 0.5) is 0 Å². The number of aryl methyl sites for hydroxylation is 2. The summed E-state index contributed by atoms with van der Waals surface area (Å²) in [5.41, 5.74) is 0.876. The molecule has 112 valence electrons. The summed E-state index contributed by atoms with van der Waals surface area (Å²) in [6.07, 6.45) is 2.18. The van der Waals surface area contributed by atoms with Crippen molar-refractivity contribution in [3.8, 4) is 0 Å². The number of nitrogens with one attached hydrogen (secondary N) is 1. The van der Waals surface area contributed by atoms with Crippen LogP contribution in [0.25, 0.3) is 0 Å². The number of rotatable bonds is 6. The molecule has 1 amide bonds. The molecule has 0 fully saturated rings. The third kappa shape index (κ3) is 4.64. The van der Waals surface area contributed by atoms with Gasteiger partial charge < -0.3 is 10.4 Å². The van der Waals surface area contributed by atoms with Crippen molar-refractivity contribution in [2.75, 3.05) is 0 Å². The molecule has 0 aliphatic heterocycles. The highest BCUT2D eigenvalue weighted by Crippen LogP contribution is 2.20. The van der Waals surface area contributed by atoms with Crippen LogP contribution in [0.15, 0.2) is 24.3 Å². The fourth-order valence-electron chi connectivity index (χ4n) is 1.76. The molecule has 1 aromatic rings. The Labute approximate surface area is 122 Å². The lowest BCUT2D eigenvalue weighted by atomic mass is 9.86. The second kappa shape index (κ2) is 6.40. The van der Waals surface area contributed by atoms with Gasteiger partial charge in [-0.3, -0.25) is 4.79 Å². The summed E-state index contributed by atoms with van der Waals surface area (Å²) in [5.74, 6) is -0.0308. The molecule has 0 aliphatic carbocycles. The van der Waals surface area contributed by atoms with Gasteiger partial charge in [0.25, 0.3) is 0 Å². The second-order valence-corrected chi connectivity index (χ2v) is 6.40. The SMILES string of the molecule is CCc1ccc(CCC(=O)NC(C)(C)C(C)(C)O)cc1. The molecule has 2 N–H and O–H groups in total. The molecule has 0 unspecified atom stereocenters. The van der Waals surface area contributed by atoms with Crippen LogP contribution in [-0.4, -0.2) is 22.2 Å². The minimum Gasteiger partial charge on any atom is -0.388 e. The van der Waals surface area contributed by atoms with Crippen molar-refractivity contribution in [1.82, 2.24) is 5.32 Å². The van der Waals surface area contributed by atoms with E-state index in [1.54, 1.807) is 13.8 Å². The maximum absolute atomic E-state index is 12.0. The van der Waals surface area contributed by atoms with Gasteiger partial charge in [0.1, 0.15) is 0 Å². The molecule has 1 rings (SSSR count). The van der Waals surface area contributed by atoms with Gasteiger partial charge in [0.2, 0.25) is 5.91 Å². The van der Waals surface area contributed by atoms with Crippen LogP contribution < -0.4 is 5.32 Å². The van der Waals surface area contributed by atoms with Crippen molar-refractivity contribution in [2.24, 2.45) is 0 Å². The average Bonchev–Trinajstić information content (AvgIpc) is 2.35. The first kappa shape index (κ1) is 16.7. The van der Waals surface area contributed by atoms with Gasteiger partial charge in [-0.05, 0) is 51.7 Å². The highest BCUT2D eigenvalue weighted by molar-refractivity contribution is 5.77. The third-order valence-electron chi connectivity index (χ3n) is 4.05. The number of amides is 1. The Morgan fingerprint density at radius 2 is 1.60 bits per heavy atom. The number of carbonyl (C=O) groups is 1. The van der Waals surface area contributed by atoms with Crippen LogP contribution in [0.3, 0.4) is 0 Å². The lowest BCUT2D eigenvalue weighted by molar-refractivity contribution is -0.126. The Morgan fingerprint density at radius 3 is 2.05 bits per heavy atom. The molecule has 3 heteroatoms. The van der Waals surface area contributed by atoms with Crippen molar-refractivity contribution in [2.45, 2.75) is 65.0 Å². The fourth-order valence-corrected chi connectivity index (χ4v) is 1.76. The van der Waals surface area contributed by atoms with Gasteiger partial charge in [-0.25, -0.2) is 0 Å². The Morgan fingerprint density at radius 1 is 1.10 bits per heavy atom. The van der Waals surface area contributed by atoms with Crippen LogP contribution in [0.2, 0.25) is 0 Å². The number of benzene rings is 1. The van der Waals surface area contributed by atoms with E-state index in [0.717, 1.165) is 12.8 Å². The van der Waals surface area contributed by atoms with Crippen molar-refractivity contribution < 1.29 is 9.90 Å². The first-order chi connectivity index (χ1) is 9.15. The molecule has 0 atom stereocenters. The topological polar surface area (TPSA) is 49.3 Å². The third-order valence-corrected chi connectivity index (χ3v) is 4.05. The molecule has 0 heterocycles. The molecule has 0 aliphatic rings. The number of hydrogen-bond acceptors (Lipinski definition) is 2. The van der Waals surface area contributed by atoms with E-state index in [1.807, 2.05) is 13.8 Å². The van der Waals surface area contributed by atoms with E-state index < -0.39 is 11.1 Å². The van der Waals surface area contributed by atoms with Crippen molar-refractivity contribution in [3.05, 3.63) is 35.4 Å². The number of aliphatic hydroxyl groups is 1. The van der Waals surface area contributed by atoms with Crippen LogP contribution in [0, 0.1) is 0 Å².